The van der Waals surface area contributed by atoms with Crippen molar-refractivity contribution in [3.63, 3.8) is 0 Å². The van der Waals surface area contributed by atoms with Gasteiger partial charge in [-0.3, -0.25) is 9.89 Å². The third kappa shape index (κ3) is 2.58. The molecule has 1 N–H and O–H groups in total. The molecule has 1 aliphatic heterocycles. The normalized spacial score (nSPS) is 21.3. The summed E-state index contributed by atoms with van der Waals surface area (Å²) in [5.74, 6) is 2.35. The molecule has 0 bridgehead atoms. The van der Waals surface area contributed by atoms with E-state index < -0.39 is 0 Å². The van der Waals surface area contributed by atoms with E-state index in [1.165, 1.54) is 12.0 Å². The summed E-state index contributed by atoms with van der Waals surface area (Å²) in [6, 6.07) is 2.02. The van der Waals surface area contributed by atoms with Gasteiger partial charge in [-0.05, 0) is 45.1 Å². The molecule has 2 aromatic heterocycles. The van der Waals surface area contributed by atoms with Crippen LogP contribution in [-0.2, 0) is 12.8 Å². The topological polar surface area (TPSA) is 62.1 Å². The van der Waals surface area contributed by atoms with Crippen LogP contribution in [0.2, 0.25) is 0 Å². The summed E-state index contributed by atoms with van der Waals surface area (Å²) in [5.41, 5.74) is 3.14. The Morgan fingerprint density at radius 2 is 2.22 bits per heavy atom. The van der Waals surface area contributed by atoms with Gasteiger partial charge in [-0.25, -0.2) is 0 Å². The molecule has 2 aromatic rings. The first-order valence-electron chi connectivity index (χ1n) is 8.63. The lowest BCUT2D eigenvalue weighted by molar-refractivity contribution is 0.0703. The van der Waals surface area contributed by atoms with Crippen LogP contribution in [0.15, 0.2) is 16.7 Å². The first-order valence-corrected chi connectivity index (χ1v) is 8.63. The van der Waals surface area contributed by atoms with Gasteiger partial charge in [-0.1, -0.05) is 0 Å². The van der Waals surface area contributed by atoms with Gasteiger partial charge in [0, 0.05) is 42.9 Å². The highest BCUT2D eigenvalue weighted by molar-refractivity contribution is 5.97. The highest BCUT2D eigenvalue weighted by Gasteiger charge is 2.31. The lowest BCUT2D eigenvalue weighted by Gasteiger charge is -2.32. The molecule has 1 aliphatic carbocycles. The number of hydrogen-bond acceptors (Lipinski definition) is 3. The average Bonchev–Trinajstić information content (AvgIpc) is 3.21. The number of nitrogens with zero attached hydrogens (tertiary/aromatic N) is 2. The predicted octanol–water partition coefficient (Wildman–Crippen LogP) is 3.21. The van der Waals surface area contributed by atoms with Crippen LogP contribution in [0.5, 0.6) is 0 Å². The van der Waals surface area contributed by atoms with E-state index in [0.717, 1.165) is 68.0 Å². The maximum atomic E-state index is 13.1. The summed E-state index contributed by atoms with van der Waals surface area (Å²) in [4.78, 5) is 15.1. The predicted molar refractivity (Wildman–Crippen MR) is 86.6 cm³/mol. The Morgan fingerprint density at radius 3 is 3.04 bits per heavy atom. The van der Waals surface area contributed by atoms with Crippen molar-refractivity contribution < 1.29 is 9.21 Å². The van der Waals surface area contributed by atoms with Gasteiger partial charge in [0.05, 0.1) is 5.56 Å². The maximum Gasteiger partial charge on any atom is 0.257 e. The number of amides is 1. The van der Waals surface area contributed by atoms with Crippen molar-refractivity contribution in [2.45, 2.75) is 51.4 Å². The summed E-state index contributed by atoms with van der Waals surface area (Å²) in [6.45, 7) is 3.53. The highest BCUT2D eigenvalue weighted by atomic mass is 16.3. The van der Waals surface area contributed by atoms with Crippen molar-refractivity contribution >= 4 is 5.91 Å². The number of furan rings is 1. The van der Waals surface area contributed by atoms with Gasteiger partial charge in [0.15, 0.2) is 0 Å². The Morgan fingerprint density at radius 1 is 1.35 bits per heavy atom. The van der Waals surface area contributed by atoms with E-state index in [2.05, 4.69) is 10.2 Å². The molecule has 0 saturated carbocycles. The van der Waals surface area contributed by atoms with Crippen LogP contribution in [0, 0.1) is 6.92 Å². The molecule has 3 heterocycles. The SMILES string of the molecule is Cc1oc2c(c1C(=O)N1CCCC(c3ccn[nH]3)C1)CCCC2. The molecule has 1 saturated heterocycles. The van der Waals surface area contributed by atoms with E-state index in [9.17, 15) is 4.79 Å². The third-order valence-electron chi connectivity index (χ3n) is 5.23. The van der Waals surface area contributed by atoms with Gasteiger partial charge >= 0.3 is 0 Å². The minimum absolute atomic E-state index is 0.151. The summed E-state index contributed by atoms with van der Waals surface area (Å²) >= 11 is 0. The second-order valence-corrected chi connectivity index (χ2v) is 6.74. The van der Waals surface area contributed by atoms with Crippen LogP contribution in [0.1, 0.15) is 64.7 Å². The molecule has 0 aromatic carbocycles. The standard InChI is InChI=1S/C18H23N3O2/c1-12-17(14-6-2-3-7-16(14)23-12)18(22)21-10-4-5-13(11-21)15-8-9-19-20-15/h8-9,13H,2-7,10-11H2,1H3,(H,19,20). The number of hydrogen-bond donors (Lipinski definition) is 1. The number of fused-ring (bicyclic) bond motifs is 1. The smallest absolute Gasteiger partial charge is 0.257 e. The molecule has 1 atom stereocenters. The third-order valence-corrected chi connectivity index (χ3v) is 5.23. The fourth-order valence-electron chi connectivity index (χ4n) is 4.05. The molecule has 122 valence electrons. The van der Waals surface area contributed by atoms with Crippen molar-refractivity contribution in [2.75, 3.05) is 13.1 Å². The minimum Gasteiger partial charge on any atom is -0.465 e. The van der Waals surface area contributed by atoms with Crippen LogP contribution in [0.3, 0.4) is 0 Å². The van der Waals surface area contributed by atoms with Crippen molar-refractivity contribution in [3.8, 4) is 0 Å². The van der Waals surface area contributed by atoms with E-state index in [1.807, 2.05) is 17.9 Å². The number of nitrogens with one attached hydrogen (secondary N) is 1. The maximum absolute atomic E-state index is 13.1. The molecular weight excluding hydrogens is 290 g/mol. The molecule has 0 spiro atoms. The van der Waals surface area contributed by atoms with Crippen molar-refractivity contribution in [1.29, 1.82) is 0 Å². The largest absolute Gasteiger partial charge is 0.465 e. The zero-order valence-corrected chi connectivity index (χ0v) is 13.6. The monoisotopic (exact) mass is 313 g/mol. The quantitative estimate of drug-likeness (QED) is 0.926. The zero-order valence-electron chi connectivity index (χ0n) is 13.6. The van der Waals surface area contributed by atoms with Crippen LogP contribution in [0.25, 0.3) is 0 Å². The van der Waals surface area contributed by atoms with Crippen molar-refractivity contribution in [3.05, 3.63) is 40.6 Å². The Hall–Kier alpha value is -2.04. The van der Waals surface area contributed by atoms with Crippen molar-refractivity contribution in [2.24, 2.45) is 0 Å². The molecule has 4 rings (SSSR count). The molecule has 1 amide bonds. The molecule has 23 heavy (non-hydrogen) atoms. The molecule has 1 fully saturated rings. The van der Waals surface area contributed by atoms with Crippen molar-refractivity contribution in [1.82, 2.24) is 15.1 Å². The highest BCUT2D eigenvalue weighted by Crippen LogP contribution is 2.32. The number of H-pyrrole nitrogens is 1. The number of carbonyl (C=O) groups excluding carboxylic acids is 1. The fraction of sp³-hybridized carbons (Fsp3) is 0.556. The number of aromatic nitrogens is 2. The summed E-state index contributed by atoms with van der Waals surface area (Å²) in [5, 5.41) is 7.10. The zero-order chi connectivity index (χ0) is 15.8. The summed E-state index contributed by atoms with van der Waals surface area (Å²) < 4.78 is 5.88. The van der Waals surface area contributed by atoms with Gasteiger partial charge in [0.1, 0.15) is 11.5 Å². The molecule has 0 radical (unpaired) electrons. The van der Waals surface area contributed by atoms with E-state index >= 15 is 0 Å². The molecule has 1 unspecified atom stereocenters. The van der Waals surface area contributed by atoms with Gasteiger partial charge in [0.25, 0.3) is 5.91 Å². The van der Waals surface area contributed by atoms with Gasteiger partial charge in [-0.2, -0.15) is 5.10 Å². The van der Waals surface area contributed by atoms with Gasteiger partial charge in [0.2, 0.25) is 0 Å². The number of aryl methyl sites for hydroxylation is 2. The second kappa shape index (κ2) is 5.87. The molecule has 5 nitrogen and oxygen atoms in total. The van der Waals surface area contributed by atoms with E-state index in [1.54, 1.807) is 6.20 Å². The minimum atomic E-state index is 0.151. The lowest BCUT2D eigenvalue weighted by atomic mass is 9.92. The number of piperidine rings is 1. The van der Waals surface area contributed by atoms with Gasteiger partial charge in [-0.15, -0.1) is 0 Å². The number of aromatic amines is 1. The van der Waals surface area contributed by atoms with Crippen LogP contribution >= 0.6 is 0 Å². The Kier molecular flexibility index (Phi) is 3.71. The summed E-state index contributed by atoms with van der Waals surface area (Å²) in [7, 11) is 0. The molecular formula is C18H23N3O2. The fourth-order valence-corrected chi connectivity index (χ4v) is 4.05. The first kappa shape index (κ1) is 14.5. The van der Waals surface area contributed by atoms with E-state index in [0.29, 0.717) is 5.92 Å². The summed E-state index contributed by atoms with van der Waals surface area (Å²) in [6.07, 6.45) is 8.20. The molecule has 2 aliphatic rings. The first-order chi connectivity index (χ1) is 11.2. The Balaban J connectivity index is 1.58. The number of likely N-dealkylation sites (tertiary alicyclic amines) is 1. The van der Waals surface area contributed by atoms with Crippen LogP contribution in [-0.4, -0.2) is 34.1 Å². The van der Waals surface area contributed by atoms with Gasteiger partial charge < -0.3 is 9.32 Å². The average molecular weight is 313 g/mol. The number of carbonyl (C=O) groups is 1. The number of rotatable bonds is 2. The molecule has 5 heteroatoms. The second-order valence-electron chi connectivity index (χ2n) is 6.74. The van der Waals surface area contributed by atoms with E-state index in [-0.39, 0.29) is 5.91 Å². The van der Waals surface area contributed by atoms with Crippen LogP contribution in [0.4, 0.5) is 0 Å². The Labute approximate surface area is 136 Å². The van der Waals surface area contributed by atoms with Crippen LogP contribution < -0.4 is 0 Å². The van der Waals surface area contributed by atoms with E-state index in [4.69, 9.17) is 4.42 Å². The Bertz CT molecular complexity index is 702. The lowest BCUT2D eigenvalue weighted by Crippen LogP contribution is -2.39.